The van der Waals surface area contributed by atoms with Gasteiger partial charge in [-0.1, -0.05) is 11.6 Å². The Labute approximate surface area is 523 Å². The van der Waals surface area contributed by atoms with Crippen LogP contribution in [0.3, 0.4) is 0 Å². The van der Waals surface area contributed by atoms with Crippen LogP contribution >= 0.6 is 11.6 Å². The predicted octanol–water partition coefficient (Wildman–Crippen LogP) is 7.88. The number of methoxy groups -OCH3 is 4. The maximum absolute atomic E-state index is 9.34. The molecule has 472 valence electrons. The molecule has 3 N–H and O–H groups in total. The average Bonchev–Trinajstić information content (AvgIpc) is 1.67. The Morgan fingerprint density at radius 1 is 0.393 bits per heavy atom. The van der Waals surface area contributed by atoms with Crippen LogP contribution in [0.5, 0.6) is 40.2 Å². The third-order valence-corrected chi connectivity index (χ3v) is 16.3. The van der Waals surface area contributed by atoms with Gasteiger partial charge in [-0.2, -0.15) is 0 Å². The molecule has 6 aromatic heterocycles. The van der Waals surface area contributed by atoms with Crippen molar-refractivity contribution in [3.05, 3.63) is 91.6 Å². The quantitative estimate of drug-likeness (QED) is 0.0866. The SMILES string of the molecule is CC1(C)OB(c2cnc(N3CCCCC3)nc2)OC1(C)C.COc1cc2ncnc(Cl)c2cc1OC.COc1cc2ncnc(N3CCN(c4ncc(O)cn4)CC3)c2cc1OC.Oc1cnc(N2CCCCC2)nc1.Oc1cnc(N2CCCCC2)nc1. The number of aromatic nitrogens is 12. The molecule has 0 spiro atoms. The zero-order valence-corrected chi connectivity index (χ0v) is 52.6. The normalized spacial score (nSPS) is 17.0. The summed E-state index contributed by atoms with van der Waals surface area (Å²) in [6, 6.07) is 7.30. The van der Waals surface area contributed by atoms with Gasteiger partial charge in [0.25, 0.3) is 0 Å². The summed E-state index contributed by atoms with van der Waals surface area (Å²) < 4.78 is 33.1. The molecule has 8 aromatic rings. The van der Waals surface area contributed by atoms with E-state index in [0.29, 0.717) is 34.1 Å². The maximum atomic E-state index is 9.34. The molecule has 5 aliphatic heterocycles. The van der Waals surface area contributed by atoms with Gasteiger partial charge < -0.3 is 68.1 Å². The fourth-order valence-corrected chi connectivity index (χ4v) is 10.6. The minimum atomic E-state index is -0.384. The molecule has 11 heterocycles. The molecule has 0 unspecified atom stereocenters. The molecule has 13 rings (SSSR count). The number of fused-ring (bicyclic) bond motifs is 2. The van der Waals surface area contributed by atoms with E-state index in [1.807, 2.05) is 24.5 Å². The van der Waals surface area contributed by atoms with Crippen LogP contribution in [0.1, 0.15) is 85.5 Å². The van der Waals surface area contributed by atoms with E-state index in [1.165, 1.54) is 101 Å². The topological polar surface area (TPSA) is 287 Å². The third-order valence-electron chi connectivity index (χ3n) is 16.0. The van der Waals surface area contributed by atoms with Crippen molar-refractivity contribution in [1.29, 1.82) is 0 Å². The number of piperazine rings is 1. The van der Waals surface area contributed by atoms with Crippen LogP contribution in [0.4, 0.5) is 29.6 Å². The Morgan fingerprint density at radius 3 is 1.09 bits per heavy atom. The van der Waals surface area contributed by atoms with Crippen LogP contribution in [0.2, 0.25) is 5.15 Å². The molecule has 0 amide bonds. The number of piperidine rings is 3. The second kappa shape index (κ2) is 30.5. The van der Waals surface area contributed by atoms with Crippen LogP contribution in [0, 0.1) is 0 Å². The lowest BCUT2D eigenvalue weighted by Crippen LogP contribution is -2.47. The van der Waals surface area contributed by atoms with E-state index in [9.17, 15) is 5.11 Å². The molecule has 5 saturated heterocycles. The summed E-state index contributed by atoms with van der Waals surface area (Å²) >= 11 is 5.93. The molecule has 89 heavy (non-hydrogen) atoms. The lowest BCUT2D eigenvalue weighted by molar-refractivity contribution is 0.00578. The van der Waals surface area contributed by atoms with Crippen molar-refractivity contribution in [1.82, 2.24) is 59.8 Å². The van der Waals surface area contributed by atoms with E-state index in [0.717, 1.165) is 116 Å². The van der Waals surface area contributed by atoms with E-state index in [4.69, 9.17) is 50.1 Å². The van der Waals surface area contributed by atoms with Crippen LogP contribution in [-0.4, -0.2) is 187 Å². The zero-order chi connectivity index (χ0) is 62.9. The van der Waals surface area contributed by atoms with Crippen molar-refractivity contribution < 1.29 is 43.6 Å². The Kier molecular flexibility index (Phi) is 22.2. The molecule has 0 radical (unpaired) electrons. The van der Waals surface area contributed by atoms with Crippen molar-refractivity contribution >= 4 is 75.6 Å². The van der Waals surface area contributed by atoms with E-state index in [2.05, 4.69) is 112 Å². The Hall–Kier alpha value is -8.69. The highest BCUT2D eigenvalue weighted by atomic mass is 35.5. The number of anilines is 5. The molecule has 2 aromatic carbocycles. The zero-order valence-electron chi connectivity index (χ0n) is 51.9. The summed E-state index contributed by atoms with van der Waals surface area (Å²) in [6.07, 6.45) is 26.4. The lowest BCUT2D eigenvalue weighted by Gasteiger charge is -2.35. The Morgan fingerprint density at radius 2 is 0.708 bits per heavy atom. The molecule has 5 fully saturated rings. The van der Waals surface area contributed by atoms with E-state index < -0.39 is 0 Å². The van der Waals surface area contributed by atoms with Crippen molar-refractivity contribution in [2.75, 3.05) is 118 Å². The van der Waals surface area contributed by atoms with Crippen LogP contribution in [-0.2, 0) is 9.31 Å². The second-order valence-corrected chi connectivity index (χ2v) is 22.9. The summed E-state index contributed by atoms with van der Waals surface area (Å²) in [5.41, 5.74) is 1.76. The third kappa shape index (κ3) is 16.7. The average molecular weight is 1240 g/mol. The minimum absolute atomic E-state index is 0.0641. The number of hydrogen-bond acceptors (Lipinski definition) is 26. The Balaban J connectivity index is 0.000000136. The van der Waals surface area contributed by atoms with Crippen molar-refractivity contribution in [2.45, 2.75) is 96.7 Å². The van der Waals surface area contributed by atoms with E-state index >= 15 is 0 Å². The van der Waals surface area contributed by atoms with Gasteiger partial charge in [-0.05, 0) is 97.6 Å². The van der Waals surface area contributed by atoms with Gasteiger partial charge in [-0.3, -0.25) is 0 Å². The first-order chi connectivity index (χ1) is 43.1. The van der Waals surface area contributed by atoms with Crippen LogP contribution < -0.4 is 48.9 Å². The highest BCUT2D eigenvalue weighted by Gasteiger charge is 2.52. The first-order valence-electron chi connectivity index (χ1n) is 29.9. The highest BCUT2D eigenvalue weighted by molar-refractivity contribution is 6.61. The van der Waals surface area contributed by atoms with Gasteiger partial charge in [0.2, 0.25) is 23.8 Å². The summed E-state index contributed by atoms with van der Waals surface area (Å²) in [6.45, 7) is 17.5. The number of benzene rings is 2. The summed E-state index contributed by atoms with van der Waals surface area (Å²) in [5.74, 6) is 6.61. The fraction of sp³-hybridized carbons (Fsp3) is 0.475. The maximum Gasteiger partial charge on any atom is 0.498 e. The molecule has 0 bridgehead atoms. The molecule has 28 heteroatoms. The highest BCUT2D eigenvalue weighted by Crippen LogP contribution is 2.38. The lowest BCUT2D eigenvalue weighted by atomic mass is 9.81. The smallest absolute Gasteiger partial charge is 0.498 e. The number of hydrogen-bond donors (Lipinski definition) is 3. The standard InChI is InChI=1S/C18H20N6O3.C15H24BN3O2.C10H9ClN2O2.2C9H13N3O/c1-26-15-7-13-14(8-16(15)27-2)21-11-22-17(13)23-3-5-24(6-4-23)18-19-9-12(25)10-20-18;1-14(2)15(3,4)21-16(20-14)12-10-17-13(18-11-12)19-8-6-5-7-9-19;1-14-8-3-6-7(4-9(8)15-2)12-5-13-10(6)11;2*13-8-6-10-9(11-7-8)12-4-2-1-3-5-12/h7-11,25H,3-6H2,1-2H3;10-11H,5-9H2,1-4H3;3-5H,1-2H3;2*6-7,13H,1-5H2. The van der Waals surface area contributed by atoms with Crippen LogP contribution in [0.25, 0.3) is 21.8 Å². The summed E-state index contributed by atoms with van der Waals surface area (Å²) in [7, 11) is 5.99. The largest absolute Gasteiger partial charge is 0.505 e. The fourth-order valence-electron chi connectivity index (χ4n) is 10.4. The van der Waals surface area contributed by atoms with Crippen molar-refractivity contribution in [3.63, 3.8) is 0 Å². The monoisotopic (exact) mass is 1240 g/mol. The second-order valence-electron chi connectivity index (χ2n) is 22.6. The van der Waals surface area contributed by atoms with Crippen LogP contribution in [0.15, 0.2) is 86.5 Å². The molecule has 0 atom stereocenters. The van der Waals surface area contributed by atoms with Gasteiger partial charge in [0.1, 0.15) is 23.6 Å². The molecular weight excluding hydrogens is 1160 g/mol. The molecule has 5 aliphatic rings. The first-order valence-corrected chi connectivity index (χ1v) is 30.3. The molecule has 26 nitrogen and oxygen atoms in total. The predicted molar refractivity (Wildman–Crippen MR) is 342 cm³/mol. The van der Waals surface area contributed by atoms with Crippen molar-refractivity contribution in [2.24, 2.45) is 0 Å². The number of ether oxygens (including phenoxy) is 4. The molecule has 0 aliphatic carbocycles. The van der Waals surface area contributed by atoms with E-state index in [-0.39, 0.29) is 35.6 Å². The minimum Gasteiger partial charge on any atom is -0.505 e. The number of aromatic hydroxyl groups is 3. The van der Waals surface area contributed by atoms with Gasteiger partial charge in [-0.15, -0.1) is 0 Å². The number of nitrogens with zero attached hydrogens (tertiary/aromatic N) is 17. The summed E-state index contributed by atoms with van der Waals surface area (Å²) in [5, 5.41) is 29.4. The summed E-state index contributed by atoms with van der Waals surface area (Å²) in [4.78, 5) is 61.3. The van der Waals surface area contributed by atoms with Crippen molar-refractivity contribution in [3.8, 4) is 40.2 Å². The van der Waals surface area contributed by atoms with Gasteiger partial charge in [0.15, 0.2) is 40.2 Å². The van der Waals surface area contributed by atoms with E-state index in [1.54, 1.807) is 46.9 Å². The molecular formula is C61H79BClN17O9. The van der Waals surface area contributed by atoms with Gasteiger partial charge in [-0.25, -0.2) is 59.8 Å². The van der Waals surface area contributed by atoms with Gasteiger partial charge >= 0.3 is 7.12 Å². The number of halogens is 1. The number of rotatable bonds is 10. The first kappa shape index (κ1) is 64.8. The van der Waals surface area contributed by atoms with Gasteiger partial charge in [0.05, 0.1) is 87.9 Å². The van der Waals surface area contributed by atoms with Gasteiger partial charge in [0, 0.05) is 106 Å². The Bertz CT molecular complexity index is 3430. The molecule has 0 saturated carbocycles.